The summed E-state index contributed by atoms with van der Waals surface area (Å²) in [5.41, 5.74) is 6.23. The number of amides is 1. The molecular formula is C10H8ClN3O2. The fraction of sp³-hybridized carbons (Fsp3) is 0. The molecule has 2 rings (SSSR count). The smallest absolute Gasteiger partial charge is 0.260 e. The summed E-state index contributed by atoms with van der Waals surface area (Å²) >= 11 is 5.66. The zero-order valence-electron chi connectivity index (χ0n) is 8.11. The van der Waals surface area contributed by atoms with Gasteiger partial charge >= 0.3 is 0 Å². The summed E-state index contributed by atoms with van der Waals surface area (Å²) in [4.78, 5) is 15.5. The van der Waals surface area contributed by atoms with E-state index in [1.165, 1.54) is 18.5 Å². The van der Waals surface area contributed by atoms with Crippen LogP contribution < -0.4 is 11.1 Å². The number of nitrogens with two attached hydrogens (primary N) is 1. The van der Waals surface area contributed by atoms with Crippen LogP contribution in [0.15, 0.2) is 35.1 Å². The average Bonchev–Trinajstić information content (AvgIpc) is 2.68. The van der Waals surface area contributed by atoms with Crippen molar-refractivity contribution in [2.24, 2.45) is 0 Å². The topological polar surface area (TPSA) is 81.1 Å². The van der Waals surface area contributed by atoms with Crippen molar-refractivity contribution in [1.82, 2.24) is 4.98 Å². The number of nitrogens with one attached hydrogen (secondary N) is 1. The van der Waals surface area contributed by atoms with E-state index >= 15 is 0 Å². The number of nitrogen functional groups attached to an aromatic ring is 1. The first kappa shape index (κ1) is 10.5. The van der Waals surface area contributed by atoms with Gasteiger partial charge in [0.15, 0.2) is 0 Å². The molecular weight excluding hydrogens is 230 g/mol. The minimum atomic E-state index is -0.356. The lowest BCUT2D eigenvalue weighted by Gasteiger charge is -2.03. The highest BCUT2D eigenvalue weighted by molar-refractivity contribution is 6.32. The van der Waals surface area contributed by atoms with Crippen molar-refractivity contribution in [2.75, 3.05) is 11.1 Å². The molecule has 82 valence electrons. The van der Waals surface area contributed by atoms with Gasteiger partial charge in [-0.25, -0.2) is 4.98 Å². The van der Waals surface area contributed by atoms with Crippen LogP contribution in [0.5, 0.6) is 0 Å². The molecule has 0 radical (unpaired) electrons. The van der Waals surface area contributed by atoms with Crippen LogP contribution in [0.3, 0.4) is 0 Å². The maximum atomic E-state index is 11.7. The molecule has 0 bridgehead atoms. The molecule has 3 N–H and O–H groups in total. The third kappa shape index (κ3) is 2.14. The molecule has 2 heterocycles. The number of hydrogen-bond donors (Lipinski definition) is 2. The molecule has 0 aromatic carbocycles. The highest BCUT2D eigenvalue weighted by atomic mass is 35.5. The first-order valence-corrected chi connectivity index (χ1v) is 4.80. The van der Waals surface area contributed by atoms with Gasteiger partial charge in [-0.05, 0) is 29.8 Å². The van der Waals surface area contributed by atoms with Crippen LogP contribution in [0.2, 0.25) is 5.22 Å². The van der Waals surface area contributed by atoms with Gasteiger partial charge in [0, 0.05) is 0 Å². The highest BCUT2D eigenvalue weighted by Gasteiger charge is 2.12. The third-order valence-electron chi connectivity index (χ3n) is 1.91. The van der Waals surface area contributed by atoms with E-state index in [0.29, 0.717) is 11.5 Å². The maximum Gasteiger partial charge on any atom is 0.260 e. The summed E-state index contributed by atoms with van der Waals surface area (Å²) in [7, 11) is 0. The Labute approximate surface area is 96.2 Å². The summed E-state index contributed by atoms with van der Waals surface area (Å²) in [5.74, 6) is 0.0321. The van der Waals surface area contributed by atoms with Crippen molar-refractivity contribution >= 4 is 29.0 Å². The normalized spacial score (nSPS) is 10.1. The molecule has 2 aromatic heterocycles. The second-order valence-corrected chi connectivity index (χ2v) is 3.38. The number of pyridine rings is 1. The van der Waals surface area contributed by atoms with E-state index in [1.807, 2.05) is 0 Å². The van der Waals surface area contributed by atoms with Gasteiger partial charge in [0.05, 0.1) is 23.7 Å². The molecule has 0 saturated heterocycles. The lowest BCUT2D eigenvalue weighted by molar-refractivity contribution is 0.102. The number of hydrogen-bond acceptors (Lipinski definition) is 4. The summed E-state index contributed by atoms with van der Waals surface area (Å²) in [5, 5.41) is 2.67. The van der Waals surface area contributed by atoms with E-state index in [-0.39, 0.29) is 16.7 Å². The van der Waals surface area contributed by atoms with Crippen molar-refractivity contribution < 1.29 is 9.21 Å². The number of anilines is 2. The maximum absolute atomic E-state index is 11.7. The van der Waals surface area contributed by atoms with Gasteiger partial charge in [0.1, 0.15) is 5.82 Å². The van der Waals surface area contributed by atoms with E-state index in [2.05, 4.69) is 10.3 Å². The lowest BCUT2D eigenvalue weighted by atomic mass is 10.3. The number of furan rings is 1. The standard InChI is InChI=1S/C10H8ClN3O2/c11-9-7(3-4-16-9)10(15)14-6-1-2-8(12)13-5-6/h1-5H,(H2,12,13)(H,14,15). The number of rotatable bonds is 2. The van der Waals surface area contributed by atoms with Crippen LogP contribution >= 0.6 is 11.6 Å². The quantitative estimate of drug-likeness (QED) is 0.839. The average molecular weight is 238 g/mol. The van der Waals surface area contributed by atoms with Gasteiger partial charge in [0.2, 0.25) is 5.22 Å². The SMILES string of the molecule is Nc1ccc(NC(=O)c2ccoc2Cl)cn1. The summed E-state index contributed by atoms with van der Waals surface area (Å²) in [6, 6.07) is 4.73. The molecule has 0 aliphatic rings. The number of halogens is 1. The number of nitrogens with zero attached hydrogens (tertiary/aromatic N) is 1. The molecule has 1 amide bonds. The van der Waals surface area contributed by atoms with Crippen molar-refractivity contribution in [1.29, 1.82) is 0 Å². The number of aromatic nitrogens is 1. The van der Waals surface area contributed by atoms with Gasteiger partial charge in [-0.2, -0.15) is 0 Å². The molecule has 0 aliphatic heterocycles. The highest BCUT2D eigenvalue weighted by Crippen LogP contribution is 2.18. The van der Waals surface area contributed by atoms with E-state index in [1.54, 1.807) is 12.1 Å². The molecule has 16 heavy (non-hydrogen) atoms. The molecule has 0 saturated carbocycles. The first-order valence-electron chi connectivity index (χ1n) is 4.42. The zero-order chi connectivity index (χ0) is 11.5. The monoisotopic (exact) mass is 237 g/mol. The number of carbonyl (C=O) groups is 1. The van der Waals surface area contributed by atoms with Crippen molar-refractivity contribution in [3.05, 3.63) is 41.4 Å². The van der Waals surface area contributed by atoms with Crippen LogP contribution in [-0.4, -0.2) is 10.9 Å². The Bertz CT molecular complexity index is 507. The van der Waals surface area contributed by atoms with Crippen LogP contribution in [0.1, 0.15) is 10.4 Å². The summed E-state index contributed by atoms with van der Waals surface area (Å²) in [6.07, 6.45) is 2.81. The first-order chi connectivity index (χ1) is 7.66. The van der Waals surface area contributed by atoms with E-state index in [9.17, 15) is 4.79 Å². The molecule has 0 spiro atoms. The van der Waals surface area contributed by atoms with Gasteiger partial charge < -0.3 is 15.5 Å². The van der Waals surface area contributed by atoms with Crippen molar-refractivity contribution in [3.63, 3.8) is 0 Å². The Balaban J connectivity index is 2.14. The second kappa shape index (κ2) is 4.24. The Morgan fingerprint density at radius 1 is 1.44 bits per heavy atom. The van der Waals surface area contributed by atoms with Gasteiger partial charge in [-0.15, -0.1) is 0 Å². The van der Waals surface area contributed by atoms with E-state index < -0.39 is 0 Å². The van der Waals surface area contributed by atoms with E-state index in [0.717, 1.165) is 0 Å². The fourth-order valence-electron chi connectivity index (χ4n) is 1.13. The van der Waals surface area contributed by atoms with Gasteiger partial charge in [0.25, 0.3) is 5.91 Å². The fourth-order valence-corrected chi connectivity index (χ4v) is 1.33. The second-order valence-electron chi connectivity index (χ2n) is 3.03. The predicted molar refractivity (Wildman–Crippen MR) is 60.3 cm³/mol. The number of carbonyl (C=O) groups excluding carboxylic acids is 1. The molecule has 2 aromatic rings. The van der Waals surface area contributed by atoms with Crippen LogP contribution in [0, 0.1) is 0 Å². The largest absolute Gasteiger partial charge is 0.452 e. The summed E-state index contributed by atoms with van der Waals surface area (Å²) in [6.45, 7) is 0. The van der Waals surface area contributed by atoms with Crippen LogP contribution in [0.25, 0.3) is 0 Å². The van der Waals surface area contributed by atoms with Crippen LogP contribution in [-0.2, 0) is 0 Å². The van der Waals surface area contributed by atoms with Crippen molar-refractivity contribution in [2.45, 2.75) is 0 Å². The summed E-state index contributed by atoms with van der Waals surface area (Å²) < 4.78 is 4.81. The molecule has 6 heteroatoms. The molecule has 0 unspecified atom stereocenters. The Morgan fingerprint density at radius 3 is 2.81 bits per heavy atom. The minimum Gasteiger partial charge on any atom is -0.452 e. The minimum absolute atomic E-state index is 0.0564. The molecule has 5 nitrogen and oxygen atoms in total. The van der Waals surface area contributed by atoms with E-state index in [4.69, 9.17) is 21.8 Å². The Morgan fingerprint density at radius 2 is 2.25 bits per heavy atom. The molecule has 0 fully saturated rings. The van der Waals surface area contributed by atoms with Crippen LogP contribution in [0.4, 0.5) is 11.5 Å². The predicted octanol–water partition coefficient (Wildman–Crippen LogP) is 2.16. The lowest BCUT2D eigenvalue weighted by Crippen LogP contribution is -2.11. The van der Waals surface area contributed by atoms with Gasteiger partial charge in [-0.1, -0.05) is 0 Å². The molecule has 0 atom stereocenters. The zero-order valence-corrected chi connectivity index (χ0v) is 8.86. The Kier molecular flexibility index (Phi) is 2.78. The third-order valence-corrected chi connectivity index (χ3v) is 2.20. The van der Waals surface area contributed by atoms with Gasteiger partial charge in [-0.3, -0.25) is 4.79 Å². The Hall–Kier alpha value is -2.01. The van der Waals surface area contributed by atoms with Crippen molar-refractivity contribution in [3.8, 4) is 0 Å². The molecule has 0 aliphatic carbocycles.